The van der Waals surface area contributed by atoms with Gasteiger partial charge in [-0.25, -0.2) is 0 Å². The van der Waals surface area contributed by atoms with Gasteiger partial charge < -0.3 is 20.6 Å². The minimum absolute atomic E-state index is 0.184. The van der Waals surface area contributed by atoms with E-state index in [4.69, 9.17) is 0 Å². The van der Waals surface area contributed by atoms with Crippen molar-refractivity contribution in [2.24, 2.45) is 17.8 Å². The van der Waals surface area contributed by atoms with Crippen LogP contribution in [0.3, 0.4) is 0 Å². The number of likely N-dealkylation sites (N-methyl/N-ethyl adjacent to an activating group) is 1. The Kier molecular flexibility index (Phi) is 5.05. The van der Waals surface area contributed by atoms with Crippen LogP contribution in [0, 0.1) is 17.8 Å². The van der Waals surface area contributed by atoms with Crippen molar-refractivity contribution < 1.29 is 20.1 Å². The van der Waals surface area contributed by atoms with Crippen LogP contribution in [0.2, 0.25) is 0 Å². The van der Waals surface area contributed by atoms with Crippen molar-refractivity contribution in [1.82, 2.24) is 5.32 Å². The molecule has 5 heteroatoms. The highest BCUT2D eigenvalue weighted by molar-refractivity contribution is 5.77. The molecule has 1 saturated heterocycles. The number of nitrogens with two attached hydrogens (primary N) is 1. The fourth-order valence-corrected chi connectivity index (χ4v) is 5.23. The number of quaternary nitrogens is 2. The van der Waals surface area contributed by atoms with Gasteiger partial charge in [-0.05, 0) is 31.6 Å². The van der Waals surface area contributed by atoms with Crippen molar-refractivity contribution in [2.75, 3.05) is 20.6 Å². The molecular weight excluding hydrogens is 278 g/mol. The molecule has 0 aromatic heterocycles. The number of aliphatic hydroxyl groups is 1. The molecule has 3 rings (SSSR count). The zero-order chi connectivity index (χ0) is 15.7. The van der Waals surface area contributed by atoms with E-state index in [2.05, 4.69) is 10.6 Å². The van der Waals surface area contributed by atoms with E-state index in [1.807, 2.05) is 14.1 Å². The van der Waals surface area contributed by atoms with Crippen LogP contribution in [0.25, 0.3) is 0 Å². The third kappa shape index (κ3) is 3.47. The molecule has 0 spiro atoms. The van der Waals surface area contributed by atoms with Crippen LogP contribution >= 0.6 is 0 Å². The molecule has 3 aliphatic rings. The number of aliphatic hydroxyl groups excluding tert-OH is 1. The average Bonchev–Trinajstić information content (AvgIpc) is 2.47. The molecule has 5 nitrogen and oxygen atoms in total. The fraction of sp³-hybridized carbons (Fsp3) is 0.941. The van der Waals surface area contributed by atoms with Crippen molar-refractivity contribution in [3.8, 4) is 0 Å². The molecule has 1 heterocycles. The first-order chi connectivity index (χ1) is 10.5. The molecule has 5 N–H and O–H groups in total. The summed E-state index contributed by atoms with van der Waals surface area (Å²) in [5, 5.41) is 15.9. The van der Waals surface area contributed by atoms with E-state index in [9.17, 15) is 9.90 Å². The maximum absolute atomic E-state index is 12.0. The quantitative estimate of drug-likeness (QED) is 0.512. The standard InChI is InChI=1S/C17H31N3O2/c1-20(2)10-16(21)18-11-7-8-15-14(9-11)12-5-3-4-6-13(12)17(22)19-15/h11-15,17,19,22H,3-10H2,1-2H3,(H,18,21)/p+2. The van der Waals surface area contributed by atoms with Crippen molar-refractivity contribution in [2.45, 2.75) is 63.3 Å². The van der Waals surface area contributed by atoms with Gasteiger partial charge in [0.2, 0.25) is 0 Å². The molecule has 22 heavy (non-hydrogen) atoms. The van der Waals surface area contributed by atoms with Gasteiger partial charge in [-0.2, -0.15) is 0 Å². The number of piperidine rings is 1. The second-order valence-electron chi connectivity index (χ2n) is 8.08. The number of hydrogen-bond donors (Lipinski definition) is 4. The molecular formula is C17H33N3O2+2. The Morgan fingerprint density at radius 1 is 1.14 bits per heavy atom. The molecule has 0 aromatic carbocycles. The largest absolute Gasteiger partial charge is 0.348 e. The summed E-state index contributed by atoms with van der Waals surface area (Å²) >= 11 is 0. The summed E-state index contributed by atoms with van der Waals surface area (Å²) in [5.74, 6) is 2.02. The van der Waals surface area contributed by atoms with Gasteiger partial charge in [0, 0.05) is 24.3 Å². The van der Waals surface area contributed by atoms with Crippen molar-refractivity contribution in [1.29, 1.82) is 0 Å². The predicted molar refractivity (Wildman–Crippen MR) is 84.1 cm³/mol. The molecule has 0 aromatic rings. The minimum Gasteiger partial charge on any atom is -0.348 e. The fourth-order valence-electron chi connectivity index (χ4n) is 5.23. The smallest absolute Gasteiger partial charge is 0.275 e. The van der Waals surface area contributed by atoms with Gasteiger partial charge in [0.05, 0.1) is 20.1 Å². The van der Waals surface area contributed by atoms with Gasteiger partial charge in [-0.1, -0.05) is 12.8 Å². The minimum atomic E-state index is -0.185. The Balaban J connectivity index is 1.61. The molecule has 2 aliphatic carbocycles. The monoisotopic (exact) mass is 311 g/mol. The topological polar surface area (TPSA) is 70.4 Å². The predicted octanol–water partition coefficient (Wildman–Crippen LogP) is -1.51. The Hall–Kier alpha value is -0.650. The molecule has 3 fully saturated rings. The molecule has 1 amide bonds. The van der Waals surface area contributed by atoms with E-state index in [1.54, 1.807) is 0 Å². The van der Waals surface area contributed by atoms with Crippen LogP contribution in [0.1, 0.15) is 44.9 Å². The van der Waals surface area contributed by atoms with E-state index >= 15 is 0 Å². The third-order valence-corrected chi connectivity index (χ3v) is 6.14. The summed E-state index contributed by atoms with van der Waals surface area (Å²) in [6.45, 7) is 0.557. The summed E-state index contributed by atoms with van der Waals surface area (Å²) in [5.41, 5.74) is 0. The van der Waals surface area contributed by atoms with Crippen molar-refractivity contribution in [3.63, 3.8) is 0 Å². The lowest BCUT2D eigenvalue weighted by Crippen LogP contribution is -3.07. The highest BCUT2D eigenvalue weighted by Gasteiger charge is 2.49. The maximum atomic E-state index is 12.0. The Labute approximate surface area is 133 Å². The van der Waals surface area contributed by atoms with Gasteiger partial charge in [-0.3, -0.25) is 4.79 Å². The van der Waals surface area contributed by atoms with E-state index in [-0.39, 0.29) is 12.1 Å². The Morgan fingerprint density at radius 2 is 1.86 bits per heavy atom. The maximum Gasteiger partial charge on any atom is 0.275 e. The Morgan fingerprint density at radius 3 is 2.59 bits per heavy atom. The second-order valence-corrected chi connectivity index (χ2v) is 8.08. The average molecular weight is 311 g/mol. The van der Waals surface area contributed by atoms with Crippen molar-refractivity contribution >= 4 is 5.91 Å². The lowest BCUT2D eigenvalue weighted by atomic mass is 9.62. The van der Waals surface area contributed by atoms with Crippen LogP contribution in [0.5, 0.6) is 0 Å². The highest BCUT2D eigenvalue weighted by atomic mass is 16.3. The van der Waals surface area contributed by atoms with E-state index in [0.29, 0.717) is 36.4 Å². The lowest BCUT2D eigenvalue weighted by Gasteiger charge is -2.49. The molecule has 0 bridgehead atoms. The number of nitrogens with one attached hydrogen (secondary N) is 2. The number of hydrogen-bond acceptors (Lipinski definition) is 2. The number of rotatable bonds is 3. The molecule has 0 radical (unpaired) electrons. The molecule has 126 valence electrons. The third-order valence-electron chi connectivity index (χ3n) is 6.14. The first-order valence-corrected chi connectivity index (χ1v) is 9.16. The van der Waals surface area contributed by atoms with Crippen LogP contribution < -0.4 is 15.5 Å². The summed E-state index contributed by atoms with van der Waals surface area (Å²) in [7, 11) is 4.03. The van der Waals surface area contributed by atoms with Gasteiger partial charge in [0.15, 0.2) is 12.8 Å². The normalized spacial score (nSPS) is 41.6. The lowest BCUT2D eigenvalue weighted by molar-refractivity contribution is -0.849. The van der Waals surface area contributed by atoms with E-state index in [0.717, 1.165) is 19.3 Å². The second kappa shape index (κ2) is 6.85. The van der Waals surface area contributed by atoms with E-state index < -0.39 is 0 Å². The number of amides is 1. The van der Waals surface area contributed by atoms with Gasteiger partial charge in [-0.15, -0.1) is 0 Å². The summed E-state index contributed by atoms with van der Waals surface area (Å²) < 4.78 is 0. The molecule has 6 atom stereocenters. The van der Waals surface area contributed by atoms with Crippen molar-refractivity contribution in [3.05, 3.63) is 0 Å². The zero-order valence-corrected chi connectivity index (χ0v) is 14.1. The number of carbonyl (C=O) groups is 1. The van der Waals surface area contributed by atoms with E-state index in [1.165, 1.54) is 30.6 Å². The van der Waals surface area contributed by atoms with Crippen LogP contribution in [-0.2, 0) is 4.79 Å². The van der Waals surface area contributed by atoms with Gasteiger partial charge >= 0.3 is 0 Å². The van der Waals surface area contributed by atoms with Crippen LogP contribution in [-0.4, -0.2) is 50.0 Å². The molecule has 2 saturated carbocycles. The SMILES string of the molecule is C[NH+](C)CC(=O)NC1CCC2[NH2+]C(O)C3CCCCC3C2C1. The zero-order valence-electron chi connectivity index (χ0n) is 14.1. The Bertz CT molecular complexity index is 401. The van der Waals surface area contributed by atoms with Crippen LogP contribution in [0.4, 0.5) is 0 Å². The summed E-state index contributed by atoms with van der Waals surface area (Å²) in [6.07, 6.45) is 8.18. The molecule has 6 unspecified atom stereocenters. The first kappa shape index (κ1) is 16.2. The number of fused-ring (bicyclic) bond motifs is 3. The highest BCUT2D eigenvalue weighted by Crippen LogP contribution is 2.43. The summed E-state index contributed by atoms with van der Waals surface area (Å²) in [6, 6.07) is 0.918. The number of carbonyl (C=O) groups excluding carboxylic acids is 1. The first-order valence-electron chi connectivity index (χ1n) is 9.16. The van der Waals surface area contributed by atoms with Gasteiger partial charge in [0.25, 0.3) is 5.91 Å². The van der Waals surface area contributed by atoms with Crippen LogP contribution in [0.15, 0.2) is 0 Å². The molecule has 1 aliphatic heterocycles. The summed E-state index contributed by atoms with van der Waals surface area (Å²) in [4.78, 5) is 13.2. The van der Waals surface area contributed by atoms with Gasteiger partial charge in [0.1, 0.15) is 0 Å².